The molecular formula is C9H9ClFNO. The lowest BCUT2D eigenvalue weighted by molar-refractivity contribution is -0.117. The molecule has 0 bridgehead atoms. The zero-order valence-corrected chi connectivity index (χ0v) is 7.59. The van der Waals surface area contributed by atoms with Crippen molar-refractivity contribution >= 4 is 17.5 Å². The molecular weight excluding hydrogens is 193 g/mol. The topological polar surface area (TPSA) is 43.1 Å². The van der Waals surface area contributed by atoms with Crippen LogP contribution in [-0.4, -0.2) is 11.3 Å². The van der Waals surface area contributed by atoms with Crippen LogP contribution in [0, 0.1) is 5.82 Å². The fourth-order valence-electron chi connectivity index (χ4n) is 0.971. The Balaban J connectivity index is 2.69. The first-order valence-electron chi connectivity index (χ1n) is 3.77. The fourth-order valence-corrected chi connectivity index (χ4v) is 1.15. The van der Waals surface area contributed by atoms with E-state index in [4.69, 9.17) is 17.3 Å². The number of alkyl halides is 1. The molecule has 1 atom stereocenters. The van der Waals surface area contributed by atoms with Gasteiger partial charge in [-0.05, 0) is 24.1 Å². The maximum atomic E-state index is 12.7. The molecule has 0 spiro atoms. The SMILES string of the molecule is NC(=O)C(Cl)Cc1cccc(F)c1. The molecule has 0 aliphatic rings. The first-order valence-corrected chi connectivity index (χ1v) is 4.21. The van der Waals surface area contributed by atoms with Gasteiger partial charge in [0.15, 0.2) is 0 Å². The van der Waals surface area contributed by atoms with Crippen molar-refractivity contribution < 1.29 is 9.18 Å². The van der Waals surface area contributed by atoms with Gasteiger partial charge in [-0.2, -0.15) is 0 Å². The number of benzene rings is 1. The average molecular weight is 202 g/mol. The number of carbonyl (C=O) groups excluding carboxylic acids is 1. The summed E-state index contributed by atoms with van der Waals surface area (Å²) in [4.78, 5) is 10.6. The van der Waals surface area contributed by atoms with Crippen LogP contribution in [0.4, 0.5) is 4.39 Å². The van der Waals surface area contributed by atoms with Crippen molar-refractivity contribution in [3.05, 3.63) is 35.6 Å². The Morgan fingerprint density at radius 2 is 2.31 bits per heavy atom. The van der Waals surface area contributed by atoms with Crippen LogP contribution < -0.4 is 5.73 Å². The predicted molar refractivity (Wildman–Crippen MR) is 48.9 cm³/mol. The van der Waals surface area contributed by atoms with Crippen LogP contribution in [0.25, 0.3) is 0 Å². The van der Waals surface area contributed by atoms with Crippen molar-refractivity contribution in [2.24, 2.45) is 5.73 Å². The Bertz CT molecular complexity index is 316. The third kappa shape index (κ3) is 3.03. The highest BCUT2D eigenvalue weighted by molar-refractivity contribution is 6.30. The first-order chi connectivity index (χ1) is 6.09. The average Bonchev–Trinajstić information content (AvgIpc) is 2.04. The predicted octanol–water partition coefficient (Wildman–Crippen LogP) is 1.46. The molecule has 0 aliphatic heterocycles. The van der Waals surface area contributed by atoms with Gasteiger partial charge in [-0.15, -0.1) is 11.6 Å². The summed E-state index contributed by atoms with van der Waals surface area (Å²) in [5.74, 6) is -0.934. The lowest BCUT2D eigenvalue weighted by Crippen LogP contribution is -2.25. The summed E-state index contributed by atoms with van der Waals surface area (Å²) in [6, 6.07) is 5.92. The van der Waals surface area contributed by atoms with Crippen LogP contribution in [0.1, 0.15) is 5.56 Å². The standard InChI is InChI=1S/C9H9ClFNO/c10-8(9(12)13)5-6-2-1-3-7(11)4-6/h1-4,8H,5H2,(H2,12,13). The van der Waals surface area contributed by atoms with Crippen molar-refractivity contribution in [2.75, 3.05) is 0 Å². The van der Waals surface area contributed by atoms with E-state index in [0.717, 1.165) is 0 Å². The van der Waals surface area contributed by atoms with Crippen LogP contribution in [0.5, 0.6) is 0 Å². The van der Waals surface area contributed by atoms with Gasteiger partial charge in [0.25, 0.3) is 0 Å². The number of halogens is 2. The van der Waals surface area contributed by atoms with Gasteiger partial charge in [0.2, 0.25) is 5.91 Å². The second kappa shape index (κ2) is 4.23. The van der Waals surface area contributed by atoms with Crippen LogP contribution in [0.3, 0.4) is 0 Å². The van der Waals surface area contributed by atoms with Gasteiger partial charge in [0.05, 0.1) is 0 Å². The smallest absolute Gasteiger partial charge is 0.235 e. The molecule has 1 rings (SSSR count). The summed E-state index contributed by atoms with van der Waals surface area (Å²) in [7, 11) is 0. The van der Waals surface area contributed by atoms with Gasteiger partial charge in [0.1, 0.15) is 11.2 Å². The van der Waals surface area contributed by atoms with E-state index in [-0.39, 0.29) is 12.2 Å². The normalized spacial score (nSPS) is 12.5. The van der Waals surface area contributed by atoms with Crippen LogP contribution >= 0.6 is 11.6 Å². The van der Waals surface area contributed by atoms with E-state index in [0.29, 0.717) is 5.56 Å². The second-order valence-corrected chi connectivity index (χ2v) is 3.23. The molecule has 0 saturated carbocycles. The fraction of sp³-hybridized carbons (Fsp3) is 0.222. The Hall–Kier alpha value is -1.09. The van der Waals surface area contributed by atoms with Gasteiger partial charge in [-0.3, -0.25) is 4.79 Å². The Morgan fingerprint density at radius 3 is 2.85 bits per heavy atom. The quantitative estimate of drug-likeness (QED) is 0.740. The van der Waals surface area contributed by atoms with E-state index in [9.17, 15) is 9.18 Å². The molecule has 0 saturated heterocycles. The van der Waals surface area contributed by atoms with Gasteiger partial charge in [-0.25, -0.2) is 4.39 Å². The van der Waals surface area contributed by atoms with Crippen molar-refractivity contribution in [1.82, 2.24) is 0 Å². The molecule has 0 heterocycles. The lowest BCUT2D eigenvalue weighted by Gasteiger charge is -2.04. The second-order valence-electron chi connectivity index (χ2n) is 2.70. The maximum Gasteiger partial charge on any atom is 0.235 e. The summed E-state index contributed by atoms with van der Waals surface area (Å²) >= 11 is 5.61. The molecule has 1 amide bonds. The van der Waals surface area contributed by atoms with Crippen LogP contribution in [0.2, 0.25) is 0 Å². The maximum absolute atomic E-state index is 12.7. The van der Waals surface area contributed by atoms with Crippen molar-refractivity contribution in [3.63, 3.8) is 0 Å². The summed E-state index contributed by atoms with van der Waals surface area (Å²) in [6.45, 7) is 0. The molecule has 70 valence electrons. The largest absolute Gasteiger partial charge is 0.368 e. The number of primary amides is 1. The van der Waals surface area contributed by atoms with Gasteiger partial charge in [-0.1, -0.05) is 12.1 Å². The Morgan fingerprint density at radius 1 is 1.62 bits per heavy atom. The van der Waals surface area contributed by atoms with Crippen molar-refractivity contribution in [3.8, 4) is 0 Å². The molecule has 0 fully saturated rings. The number of hydrogen-bond acceptors (Lipinski definition) is 1. The summed E-state index contributed by atoms with van der Waals surface area (Å²) in [6.07, 6.45) is 0.259. The molecule has 1 unspecified atom stereocenters. The van der Waals surface area contributed by atoms with Crippen LogP contribution in [-0.2, 0) is 11.2 Å². The van der Waals surface area contributed by atoms with E-state index in [1.54, 1.807) is 12.1 Å². The van der Waals surface area contributed by atoms with Crippen molar-refractivity contribution in [1.29, 1.82) is 0 Å². The lowest BCUT2D eigenvalue weighted by atomic mass is 10.1. The number of amides is 1. The number of nitrogens with two attached hydrogens (primary N) is 1. The highest BCUT2D eigenvalue weighted by atomic mass is 35.5. The summed E-state index contributed by atoms with van der Waals surface area (Å²) in [5, 5.41) is -0.776. The highest BCUT2D eigenvalue weighted by Crippen LogP contribution is 2.09. The molecule has 4 heteroatoms. The number of carbonyl (C=O) groups is 1. The number of hydrogen-bond donors (Lipinski definition) is 1. The molecule has 0 aliphatic carbocycles. The van der Waals surface area contributed by atoms with Gasteiger partial charge in [0, 0.05) is 0 Å². The third-order valence-electron chi connectivity index (χ3n) is 1.61. The van der Waals surface area contributed by atoms with Crippen LogP contribution in [0.15, 0.2) is 24.3 Å². The third-order valence-corrected chi connectivity index (χ3v) is 1.98. The monoisotopic (exact) mass is 201 g/mol. The molecule has 13 heavy (non-hydrogen) atoms. The van der Waals surface area contributed by atoms with Gasteiger partial charge >= 0.3 is 0 Å². The van der Waals surface area contributed by atoms with E-state index >= 15 is 0 Å². The molecule has 1 aromatic carbocycles. The first kappa shape index (κ1) is 9.99. The van der Waals surface area contributed by atoms with E-state index in [1.807, 2.05) is 0 Å². The van der Waals surface area contributed by atoms with E-state index in [1.165, 1.54) is 12.1 Å². The van der Waals surface area contributed by atoms with Gasteiger partial charge < -0.3 is 5.73 Å². The minimum atomic E-state index is -0.776. The Labute approximate surface area is 80.5 Å². The Kier molecular flexibility index (Phi) is 3.25. The molecule has 2 nitrogen and oxygen atoms in total. The molecule has 1 aromatic rings. The molecule has 2 N–H and O–H groups in total. The number of rotatable bonds is 3. The molecule has 0 aromatic heterocycles. The minimum absolute atomic E-state index is 0.259. The summed E-state index contributed by atoms with van der Waals surface area (Å²) in [5.41, 5.74) is 5.62. The van der Waals surface area contributed by atoms with Crippen molar-refractivity contribution in [2.45, 2.75) is 11.8 Å². The zero-order valence-electron chi connectivity index (χ0n) is 6.84. The zero-order chi connectivity index (χ0) is 9.84. The summed E-state index contributed by atoms with van der Waals surface area (Å²) < 4.78 is 12.7. The van der Waals surface area contributed by atoms with E-state index in [2.05, 4.69) is 0 Å². The highest BCUT2D eigenvalue weighted by Gasteiger charge is 2.11. The van der Waals surface area contributed by atoms with E-state index < -0.39 is 11.3 Å². The molecule has 0 radical (unpaired) electrons. The minimum Gasteiger partial charge on any atom is -0.368 e.